The van der Waals surface area contributed by atoms with Gasteiger partial charge in [-0.2, -0.15) is 0 Å². The second-order valence-corrected chi connectivity index (χ2v) is 5.63. The summed E-state index contributed by atoms with van der Waals surface area (Å²) in [5, 5.41) is 12.6. The van der Waals surface area contributed by atoms with Gasteiger partial charge in [-0.25, -0.2) is 0 Å². The van der Waals surface area contributed by atoms with Gasteiger partial charge in [-0.05, 0) is 35.1 Å². The zero-order chi connectivity index (χ0) is 13.8. The minimum absolute atomic E-state index is 0.315. The van der Waals surface area contributed by atoms with Crippen LogP contribution in [0.15, 0.2) is 42.5 Å². The predicted molar refractivity (Wildman–Crippen MR) is 81.0 cm³/mol. The summed E-state index contributed by atoms with van der Waals surface area (Å²) < 4.78 is 0. The minimum Gasteiger partial charge on any atom is -0.391 e. The Balaban J connectivity index is 2.23. The molecule has 2 rings (SSSR count). The van der Waals surface area contributed by atoms with Crippen molar-refractivity contribution in [1.82, 2.24) is 0 Å². The van der Waals surface area contributed by atoms with Crippen molar-refractivity contribution in [3.8, 4) is 0 Å². The van der Waals surface area contributed by atoms with Gasteiger partial charge < -0.3 is 10.8 Å². The van der Waals surface area contributed by atoms with E-state index in [0.717, 1.165) is 23.8 Å². The lowest BCUT2D eigenvalue weighted by molar-refractivity contribution is 0.129. The van der Waals surface area contributed by atoms with E-state index in [-0.39, 0.29) is 6.04 Å². The van der Waals surface area contributed by atoms with E-state index in [4.69, 9.17) is 5.73 Å². The highest BCUT2D eigenvalue weighted by molar-refractivity contribution is 5.86. The molecule has 0 saturated heterocycles. The number of aliphatic hydroxyl groups excluding tert-OH is 1. The average Bonchev–Trinajstić information content (AvgIpc) is 2.43. The molecule has 0 aliphatic carbocycles. The Hall–Kier alpha value is -1.38. The van der Waals surface area contributed by atoms with Crippen LogP contribution in [0, 0.1) is 5.92 Å². The molecule has 0 bridgehead atoms. The van der Waals surface area contributed by atoms with Crippen molar-refractivity contribution in [3.63, 3.8) is 0 Å². The lowest BCUT2D eigenvalue weighted by Crippen LogP contribution is -2.26. The molecule has 0 aliphatic heterocycles. The van der Waals surface area contributed by atoms with E-state index in [2.05, 4.69) is 32.0 Å². The number of benzene rings is 2. The zero-order valence-corrected chi connectivity index (χ0v) is 11.7. The first-order chi connectivity index (χ1) is 9.09. The number of rotatable bonds is 5. The topological polar surface area (TPSA) is 46.2 Å². The molecule has 0 radical (unpaired) electrons. The number of hydrogen-bond acceptors (Lipinski definition) is 2. The molecule has 19 heavy (non-hydrogen) atoms. The van der Waals surface area contributed by atoms with Crippen LogP contribution < -0.4 is 5.73 Å². The van der Waals surface area contributed by atoms with Crippen LogP contribution in [0.5, 0.6) is 0 Å². The van der Waals surface area contributed by atoms with Crippen LogP contribution in [0.1, 0.15) is 38.3 Å². The summed E-state index contributed by atoms with van der Waals surface area (Å²) in [5.41, 5.74) is 7.28. The summed E-state index contributed by atoms with van der Waals surface area (Å²) in [5.74, 6) is 0.592. The van der Waals surface area contributed by atoms with Crippen LogP contribution >= 0.6 is 0 Å². The van der Waals surface area contributed by atoms with E-state index in [1.54, 1.807) is 0 Å². The first kappa shape index (κ1) is 14.0. The standard InChI is InChI=1S/C17H23NO/c1-12(2)10-11-16(19)17(18)15-9-5-7-13-6-3-4-8-14(13)15/h3-9,12,16-17,19H,10-11,18H2,1-2H3/t16-,17+/m1/s1. The monoisotopic (exact) mass is 257 g/mol. The van der Waals surface area contributed by atoms with Gasteiger partial charge in [-0.3, -0.25) is 0 Å². The fraction of sp³-hybridized carbons (Fsp3) is 0.412. The van der Waals surface area contributed by atoms with E-state index in [0.29, 0.717) is 5.92 Å². The molecule has 0 spiro atoms. The lowest BCUT2D eigenvalue weighted by atomic mass is 9.92. The van der Waals surface area contributed by atoms with Gasteiger partial charge >= 0.3 is 0 Å². The Bertz CT molecular complexity index is 530. The molecule has 2 atom stereocenters. The fourth-order valence-electron chi connectivity index (χ4n) is 2.43. The van der Waals surface area contributed by atoms with Gasteiger partial charge in [0, 0.05) is 0 Å². The van der Waals surface area contributed by atoms with E-state index >= 15 is 0 Å². The van der Waals surface area contributed by atoms with E-state index in [1.807, 2.05) is 24.3 Å². The summed E-state index contributed by atoms with van der Waals surface area (Å²) >= 11 is 0. The summed E-state index contributed by atoms with van der Waals surface area (Å²) in [4.78, 5) is 0. The minimum atomic E-state index is -0.479. The van der Waals surface area contributed by atoms with E-state index in [9.17, 15) is 5.11 Å². The van der Waals surface area contributed by atoms with Crippen molar-refractivity contribution in [3.05, 3.63) is 48.0 Å². The molecule has 0 heterocycles. The lowest BCUT2D eigenvalue weighted by Gasteiger charge is -2.21. The normalized spacial score (nSPS) is 14.8. The zero-order valence-electron chi connectivity index (χ0n) is 11.7. The SMILES string of the molecule is CC(C)CC[C@@H](O)[C@@H](N)c1cccc2ccccc12. The van der Waals surface area contributed by atoms with Gasteiger partial charge in [-0.1, -0.05) is 56.3 Å². The van der Waals surface area contributed by atoms with Gasteiger partial charge in [0.15, 0.2) is 0 Å². The van der Waals surface area contributed by atoms with Crippen LogP contribution in [0.4, 0.5) is 0 Å². The van der Waals surface area contributed by atoms with Crippen LogP contribution in [0.25, 0.3) is 10.8 Å². The maximum absolute atomic E-state index is 10.3. The second kappa shape index (κ2) is 6.18. The van der Waals surface area contributed by atoms with Gasteiger partial charge in [0.25, 0.3) is 0 Å². The highest BCUT2D eigenvalue weighted by Gasteiger charge is 2.18. The smallest absolute Gasteiger partial charge is 0.0733 e. The number of hydrogen-bond donors (Lipinski definition) is 2. The fourth-order valence-corrected chi connectivity index (χ4v) is 2.43. The summed E-state index contributed by atoms with van der Waals surface area (Å²) in [7, 11) is 0. The summed E-state index contributed by atoms with van der Waals surface area (Å²) in [6.45, 7) is 4.33. The number of fused-ring (bicyclic) bond motifs is 1. The summed E-state index contributed by atoms with van der Waals surface area (Å²) in [6, 6.07) is 14.0. The molecule has 0 unspecified atom stereocenters. The van der Waals surface area contributed by atoms with Gasteiger partial charge in [0.1, 0.15) is 0 Å². The van der Waals surface area contributed by atoms with Gasteiger partial charge in [-0.15, -0.1) is 0 Å². The Morgan fingerprint density at radius 2 is 1.68 bits per heavy atom. The maximum atomic E-state index is 10.3. The maximum Gasteiger partial charge on any atom is 0.0733 e. The van der Waals surface area contributed by atoms with Crippen molar-refractivity contribution < 1.29 is 5.11 Å². The summed E-state index contributed by atoms with van der Waals surface area (Å²) in [6.07, 6.45) is 1.27. The first-order valence-electron chi connectivity index (χ1n) is 7.01. The molecule has 0 fully saturated rings. The molecule has 0 aromatic heterocycles. The van der Waals surface area contributed by atoms with Gasteiger partial charge in [0.2, 0.25) is 0 Å². The number of aliphatic hydroxyl groups is 1. The first-order valence-corrected chi connectivity index (χ1v) is 7.01. The molecule has 2 aromatic rings. The molecular weight excluding hydrogens is 234 g/mol. The second-order valence-electron chi connectivity index (χ2n) is 5.63. The Morgan fingerprint density at radius 3 is 2.42 bits per heavy atom. The largest absolute Gasteiger partial charge is 0.391 e. The van der Waals surface area contributed by atoms with E-state index < -0.39 is 6.10 Å². The molecule has 2 nitrogen and oxygen atoms in total. The molecule has 2 aromatic carbocycles. The van der Waals surface area contributed by atoms with Crippen molar-refractivity contribution in [2.45, 2.75) is 38.8 Å². The third kappa shape index (κ3) is 3.34. The van der Waals surface area contributed by atoms with Crippen molar-refractivity contribution in [2.24, 2.45) is 11.7 Å². The molecule has 0 aliphatic rings. The van der Waals surface area contributed by atoms with Crippen LogP contribution in [0.2, 0.25) is 0 Å². The Kier molecular flexibility index (Phi) is 4.56. The van der Waals surface area contributed by atoms with Crippen LogP contribution in [-0.2, 0) is 0 Å². The Morgan fingerprint density at radius 1 is 1.00 bits per heavy atom. The average molecular weight is 257 g/mol. The molecule has 2 heteroatoms. The van der Waals surface area contributed by atoms with Crippen molar-refractivity contribution in [2.75, 3.05) is 0 Å². The van der Waals surface area contributed by atoms with E-state index in [1.165, 1.54) is 5.39 Å². The molecule has 3 N–H and O–H groups in total. The molecule has 102 valence electrons. The van der Waals surface area contributed by atoms with Crippen LogP contribution in [0.3, 0.4) is 0 Å². The highest BCUT2D eigenvalue weighted by atomic mass is 16.3. The number of nitrogens with two attached hydrogens (primary N) is 1. The molecule has 0 amide bonds. The van der Waals surface area contributed by atoms with Crippen molar-refractivity contribution >= 4 is 10.8 Å². The molecular formula is C17H23NO. The third-order valence-corrected chi connectivity index (χ3v) is 3.64. The highest BCUT2D eigenvalue weighted by Crippen LogP contribution is 2.26. The van der Waals surface area contributed by atoms with Crippen molar-refractivity contribution in [1.29, 1.82) is 0 Å². The quantitative estimate of drug-likeness (QED) is 0.859. The predicted octanol–water partition coefficient (Wildman–Crippen LogP) is 3.64. The molecule has 0 saturated carbocycles. The third-order valence-electron chi connectivity index (χ3n) is 3.64. The van der Waals surface area contributed by atoms with Crippen LogP contribution in [-0.4, -0.2) is 11.2 Å². The Labute approximate surface area is 115 Å². The van der Waals surface area contributed by atoms with Gasteiger partial charge in [0.05, 0.1) is 12.1 Å².